The van der Waals surface area contributed by atoms with Crippen molar-refractivity contribution in [3.63, 3.8) is 0 Å². The van der Waals surface area contributed by atoms with Crippen LogP contribution < -0.4 is 5.32 Å². The van der Waals surface area contributed by atoms with Crippen LogP contribution in [0.4, 0.5) is 5.69 Å². The maximum Gasteiger partial charge on any atom is 0.340 e. The SMILES string of the molecule is CCOC(=O)c1cc(C(Nc2ccc(C)cc2)c2ccccc2)n2ccccc12. The number of anilines is 1. The zero-order valence-corrected chi connectivity index (χ0v) is 16.6. The highest BCUT2D eigenvalue weighted by Crippen LogP contribution is 2.30. The van der Waals surface area contributed by atoms with Crippen molar-refractivity contribution in [1.29, 1.82) is 0 Å². The van der Waals surface area contributed by atoms with Crippen LogP contribution in [0, 0.1) is 6.92 Å². The molecular weight excluding hydrogens is 360 g/mol. The van der Waals surface area contributed by atoms with Gasteiger partial charge in [0.15, 0.2) is 0 Å². The normalized spacial score (nSPS) is 11.9. The van der Waals surface area contributed by atoms with Crippen molar-refractivity contribution in [3.8, 4) is 0 Å². The Balaban J connectivity index is 1.85. The van der Waals surface area contributed by atoms with E-state index in [2.05, 4.69) is 53.0 Å². The number of pyridine rings is 1. The molecule has 4 aromatic rings. The zero-order valence-electron chi connectivity index (χ0n) is 16.6. The lowest BCUT2D eigenvalue weighted by atomic mass is 10.0. The summed E-state index contributed by atoms with van der Waals surface area (Å²) >= 11 is 0. The maximum atomic E-state index is 12.6. The number of aromatic nitrogens is 1. The van der Waals surface area contributed by atoms with Gasteiger partial charge in [0.05, 0.1) is 29.4 Å². The van der Waals surface area contributed by atoms with E-state index in [1.165, 1.54) is 5.56 Å². The first-order valence-corrected chi connectivity index (χ1v) is 9.82. The molecule has 0 spiro atoms. The first kappa shape index (κ1) is 18.8. The van der Waals surface area contributed by atoms with Crippen molar-refractivity contribution in [1.82, 2.24) is 4.40 Å². The first-order valence-electron chi connectivity index (χ1n) is 9.82. The molecule has 29 heavy (non-hydrogen) atoms. The molecule has 2 aromatic carbocycles. The van der Waals surface area contributed by atoms with E-state index in [1.807, 2.05) is 55.6 Å². The highest BCUT2D eigenvalue weighted by Gasteiger charge is 2.23. The summed E-state index contributed by atoms with van der Waals surface area (Å²) in [5, 5.41) is 3.64. The minimum Gasteiger partial charge on any atom is -0.462 e. The number of nitrogens with one attached hydrogen (secondary N) is 1. The molecular formula is C25H24N2O2. The molecule has 1 N–H and O–H groups in total. The molecule has 1 atom stereocenters. The van der Waals surface area contributed by atoms with Crippen LogP contribution in [0.3, 0.4) is 0 Å². The Kier molecular flexibility index (Phi) is 5.34. The number of fused-ring (bicyclic) bond motifs is 1. The largest absolute Gasteiger partial charge is 0.462 e. The fraction of sp³-hybridized carbons (Fsp3) is 0.160. The van der Waals surface area contributed by atoms with Gasteiger partial charge in [-0.1, -0.05) is 54.1 Å². The third kappa shape index (κ3) is 3.87. The van der Waals surface area contributed by atoms with Gasteiger partial charge in [0.25, 0.3) is 0 Å². The van der Waals surface area contributed by atoms with Gasteiger partial charge in [0.1, 0.15) is 0 Å². The molecule has 4 rings (SSSR count). The smallest absolute Gasteiger partial charge is 0.340 e. The number of ether oxygens (including phenoxy) is 1. The Morgan fingerprint density at radius 3 is 2.45 bits per heavy atom. The molecule has 4 nitrogen and oxygen atoms in total. The van der Waals surface area contributed by atoms with Crippen LogP contribution in [0.1, 0.15) is 40.1 Å². The molecule has 146 valence electrons. The summed E-state index contributed by atoms with van der Waals surface area (Å²) in [5.74, 6) is -0.301. The summed E-state index contributed by atoms with van der Waals surface area (Å²) in [5.41, 5.74) is 5.75. The van der Waals surface area contributed by atoms with Gasteiger partial charge >= 0.3 is 5.97 Å². The molecule has 1 unspecified atom stereocenters. The fourth-order valence-electron chi connectivity index (χ4n) is 3.56. The highest BCUT2D eigenvalue weighted by molar-refractivity contribution is 5.97. The zero-order chi connectivity index (χ0) is 20.2. The molecule has 0 radical (unpaired) electrons. The Bertz CT molecular complexity index is 1110. The standard InChI is InChI=1S/C25H24N2O2/c1-3-29-25(28)21-17-23(27-16-8-7-11-22(21)27)24(19-9-5-4-6-10-19)26-20-14-12-18(2)13-15-20/h4-17,24,26H,3H2,1-2H3. The Morgan fingerprint density at radius 1 is 1.00 bits per heavy atom. The van der Waals surface area contributed by atoms with Crippen LogP contribution in [-0.4, -0.2) is 17.0 Å². The number of esters is 1. The minimum absolute atomic E-state index is 0.128. The summed E-state index contributed by atoms with van der Waals surface area (Å²) in [7, 11) is 0. The topological polar surface area (TPSA) is 42.7 Å². The van der Waals surface area contributed by atoms with Gasteiger partial charge in [-0.05, 0) is 49.7 Å². The number of carbonyl (C=O) groups excluding carboxylic acids is 1. The molecule has 2 aromatic heterocycles. The monoisotopic (exact) mass is 384 g/mol. The molecule has 0 saturated carbocycles. The third-order valence-corrected chi connectivity index (χ3v) is 4.99. The molecule has 0 saturated heterocycles. The van der Waals surface area contributed by atoms with E-state index in [4.69, 9.17) is 4.74 Å². The Labute approximate surface area is 170 Å². The number of carbonyl (C=O) groups is 1. The third-order valence-electron chi connectivity index (χ3n) is 4.99. The van der Waals surface area contributed by atoms with E-state index < -0.39 is 0 Å². The molecule has 0 aliphatic carbocycles. The second-order valence-corrected chi connectivity index (χ2v) is 7.01. The van der Waals surface area contributed by atoms with E-state index in [9.17, 15) is 4.79 Å². The van der Waals surface area contributed by atoms with Crippen LogP contribution in [0.2, 0.25) is 0 Å². The van der Waals surface area contributed by atoms with Crippen molar-refractivity contribution in [2.75, 3.05) is 11.9 Å². The number of benzene rings is 2. The number of hydrogen-bond acceptors (Lipinski definition) is 3. The second-order valence-electron chi connectivity index (χ2n) is 7.01. The first-order chi connectivity index (χ1) is 14.2. The molecule has 0 aliphatic rings. The van der Waals surface area contributed by atoms with Crippen LogP contribution in [-0.2, 0) is 4.74 Å². The predicted molar refractivity (Wildman–Crippen MR) is 116 cm³/mol. The van der Waals surface area contributed by atoms with E-state index in [-0.39, 0.29) is 12.0 Å². The van der Waals surface area contributed by atoms with Crippen LogP contribution in [0.25, 0.3) is 5.52 Å². The molecule has 2 heterocycles. The van der Waals surface area contributed by atoms with E-state index in [0.29, 0.717) is 12.2 Å². The predicted octanol–water partition coefficient (Wildman–Crippen LogP) is 5.63. The Hall–Kier alpha value is -3.53. The van der Waals surface area contributed by atoms with Crippen molar-refractivity contribution in [2.45, 2.75) is 19.9 Å². The van der Waals surface area contributed by atoms with E-state index in [1.54, 1.807) is 0 Å². The minimum atomic E-state index is -0.301. The van der Waals surface area contributed by atoms with Crippen molar-refractivity contribution in [3.05, 3.63) is 107 Å². The summed E-state index contributed by atoms with van der Waals surface area (Å²) in [6.07, 6.45) is 1.99. The summed E-state index contributed by atoms with van der Waals surface area (Å²) < 4.78 is 7.35. The van der Waals surface area contributed by atoms with Gasteiger partial charge in [0.2, 0.25) is 0 Å². The van der Waals surface area contributed by atoms with Crippen molar-refractivity contribution < 1.29 is 9.53 Å². The molecule has 0 aliphatic heterocycles. The van der Waals surface area contributed by atoms with Crippen LogP contribution in [0.5, 0.6) is 0 Å². The lowest BCUT2D eigenvalue weighted by Gasteiger charge is -2.21. The van der Waals surface area contributed by atoms with E-state index in [0.717, 1.165) is 22.5 Å². The highest BCUT2D eigenvalue weighted by atomic mass is 16.5. The summed E-state index contributed by atoms with van der Waals surface area (Å²) in [6, 6.07) is 26.3. The lowest BCUT2D eigenvalue weighted by molar-refractivity contribution is 0.0529. The lowest BCUT2D eigenvalue weighted by Crippen LogP contribution is -2.14. The summed E-state index contributed by atoms with van der Waals surface area (Å²) in [4.78, 5) is 12.6. The average molecular weight is 384 g/mol. The van der Waals surface area contributed by atoms with Crippen LogP contribution >= 0.6 is 0 Å². The fourth-order valence-corrected chi connectivity index (χ4v) is 3.56. The van der Waals surface area contributed by atoms with Crippen molar-refractivity contribution >= 4 is 17.2 Å². The van der Waals surface area contributed by atoms with Gasteiger partial charge in [0, 0.05) is 11.9 Å². The molecule has 0 bridgehead atoms. The average Bonchev–Trinajstić information content (AvgIpc) is 3.14. The summed E-state index contributed by atoms with van der Waals surface area (Å²) in [6.45, 7) is 4.25. The molecule has 4 heteroatoms. The number of aryl methyl sites for hydroxylation is 1. The van der Waals surface area contributed by atoms with Gasteiger partial charge < -0.3 is 14.5 Å². The quantitative estimate of drug-likeness (QED) is 0.438. The second kappa shape index (κ2) is 8.23. The Morgan fingerprint density at radius 2 is 1.72 bits per heavy atom. The molecule has 0 amide bonds. The van der Waals surface area contributed by atoms with Gasteiger partial charge in [-0.15, -0.1) is 0 Å². The van der Waals surface area contributed by atoms with Crippen LogP contribution in [0.15, 0.2) is 85.1 Å². The van der Waals surface area contributed by atoms with Gasteiger partial charge in [-0.3, -0.25) is 0 Å². The van der Waals surface area contributed by atoms with Gasteiger partial charge in [-0.2, -0.15) is 0 Å². The van der Waals surface area contributed by atoms with Gasteiger partial charge in [-0.25, -0.2) is 4.79 Å². The van der Waals surface area contributed by atoms with E-state index >= 15 is 0 Å². The number of hydrogen-bond donors (Lipinski definition) is 1. The maximum absolute atomic E-state index is 12.6. The van der Waals surface area contributed by atoms with Crippen molar-refractivity contribution in [2.24, 2.45) is 0 Å². The number of rotatable bonds is 6. The number of nitrogens with zero attached hydrogens (tertiary/aromatic N) is 1. The molecule has 0 fully saturated rings.